The first-order valence-electron chi connectivity index (χ1n) is 10.7. The van der Waals surface area contributed by atoms with Crippen molar-refractivity contribution in [3.05, 3.63) is 82.5 Å². The van der Waals surface area contributed by atoms with Crippen molar-refractivity contribution in [1.29, 1.82) is 0 Å². The van der Waals surface area contributed by atoms with Crippen molar-refractivity contribution in [2.45, 2.75) is 66.6 Å². The summed E-state index contributed by atoms with van der Waals surface area (Å²) in [6, 6.07) is 13.6. The van der Waals surface area contributed by atoms with Crippen LogP contribution in [0.1, 0.15) is 48.6 Å². The van der Waals surface area contributed by atoms with E-state index < -0.39 is 8.24 Å². The van der Waals surface area contributed by atoms with Gasteiger partial charge in [-0.05, 0) is 55.5 Å². The Kier molecular flexibility index (Phi) is 5.75. The molecule has 0 radical (unpaired) electrons. The Bertz CT molecular complexity index is 938. The van der Waals surface area contributed by atoms with E-state index in [1.54, 1.807) is 0 Å². The average molecular weight is 401 g/mol. The summed E-state index contributed by atoms with van der Waals surface area (Å²) in [5.41, 5.74) is 9.52. The molecule has 29 heavy (non-hydrogen) atoms. The van der Waals surface area contributed by atoms with E-state index in [1.165, 1.54) is 38.9 Å². The normalized spacial score (nSPS) is 15.0. The van der Waals surface area contributed by atoms with E-state index in [0.29, 0.717) is 6.85 Å². The van der Waals surface area contributed by atoms with Crippen LogP contribution in [0.2, 0.25) is 18.1 Å². The molecule has 0 aromatic heterocycles. The Morgan fingerprint density at radius 3 is 1.90 bits per heavy atom. The van der Waals surface area contributed by atoms with Gasteiger partial charge in [0.25, 0.3) is 0 Å². The molecule has 2 aromatic rings. The van der Waals surface area contributed by atoms with Crippen molar-refractivity contribution < 1.29 is 0 Å². The molecule has 1 heterocycles. The lowest BCUT2D eigenvalue weighted by atomic mass is 9.52. The number of nitrogens with zero attached hydrogens (tertiary/aromatic N) is 1. The molecule has 0 amide bonds. The van der Waals surface area contributed by atoms with Crippen LogP contribution >= 0.6 is 0 Å². The molecule has 1 aliphatic rings. The number of hydrogen-bond acceptors (Lipinski definition) is 1. The predicted octanol–water partition coefficient (Wildman–Crippen LogP) is 6.58. The lowest BCUT2D eigenvalue weighted by molar-refractivity contribution is 0.654. The maximum Gasteiger partial charge on any atom is 0.307 e. The fourth-order valence-electron chi connectivity index (χ4n) is 4.27. The van der Waals surface area contributed by atoms with Gasteiger partial charge in [-0.3, -0.25) is 0 Å². The minimum Gasteiger partial charge on any atom is -0.440 e. The zero-order valence-electron chi connectivity index (χ0n) is 19.7. The van der Waals surface area contributed by atoms with Crippen LogP contribution in [0.3, 0.4) is 0 Å². The van der Waals surface area contributed by atoms with Gasteiger partial charge >= 0.3 is 6.85 Å². The van der Waals surface area contributed by atoms with Gasteiger partial charge in [-0.1, -0.05) is 105 Å². The van der Waals surface area contributed by atoms with Crippen molar-refractivity contribution in [1.82, 2.24) is 4.48 Å². The molecule has 0 saturated carbocycles. The van der Waals surface area contributed by atoms with Gasteiger partial charge in [0.15, 0.2) is 0 Å². The summed E-state index contributed by atoms with van der Waals surface area (Å²) in [5, 5.41) is 0.262. The maximum atomic E-state index is 2.73. The fourth-order valence-corrected chi connectivity index (χ4v) is 6.41. The first-order valence-corrected chi connectivity index (χ1v) is 13.7. The van der Waals surface area contributed by atoms with Crippen LogP contribution in [0, 0.1) is 27.7 Å². The Labute approximate surface area is 179 Å². The number of rotatable bonds is 3. The molecular formula is C26H36BNSi. The largest absolute Gasteiger partial charge is 0.440 e. The predicted molar refractivity (Wildman–Crippen MR) is 133 cm³/mol. The highest BCUT2D eigenvalue weighted by molar-refractivity contribution is 6.92. The molecule has 0 aliphatic carbocycles. The van der Waals surface area contributed by atoms with E-state index in [2.05, 4.69) is 121 Å². The summed E-state index contributed by atoms with van der Waals surface area (Å²) in [6.45, 7) is 21.4. The summed E-state index contributed by atoms with van der Waals surface area (Å²) in [5.74, 6) is 2.43. The standard InChI is InChI=1S/C26H36BNSi/c1-19-10-12-23(13-11-19)24-14-15-27(25-21(3)16-20(2)17-22(25)4)28(18-24)29(8,9)26(5,6)7/h10-18H,1-9H3. The van der Waals surface area contributed by atoms with Gasteiger partial charge < -0.3 is 4.48 Å². The number of aryl methyl sites for hydroxylation is 4. The fraction of sp³-hybridized carbons (Fsp3) is 0.385. The molecular weight excluding hydrogens is 365 g/mol. The van der Waals surface area contributed by atoms with Crippen LogP contribution in [-0.2, 0) is 0 Å². The smallest absolute Gasteiger partial charge is 0.307 e. The van der Waals surface area contributed by atoms with Gasteiger partial charge in [0.2, 0.25) is 0 Å². The molecule has 3 rings (SSSR count). The monoisotopic (exact) mass is 401 g/mol. The van der Waals surface area contributed by atoms with Gasteiger partial charge in [0, 0.05) is 0 Å². The van der Waals surface area contributed by atoms with Crippen LogP contribution in [0.15, 0.2) is 54.6 Å². The van der Waals surface area contributed by atoms with Crippen LogP contribution in [0.25, 0.3) is 5.57 Å². The average Bonchev–Trinajstić information content (AvgIpc) is 2.60. The van der Waals surface area contributed by atoms with Gasteiger partial charge in [0.1, 0.15) is 8.24 Å². The molecule has 1 nitrogen and oxygen atoms in total. The zero-order chi connectivity index (χ0) is 21.6. The third-order valence-corrected chi connectivity index (χ3v) is 12.3. The highest BCUT2D eigenvalue weighted by Crippen LogP contribution is 2.41. The molecule has 0 saturated heterocycles. The third kappa shape index (κ3) is 4.16. The first kappa shape index (κ1) is 21.7. The first-order chi connectivity index (χ1) is 13.4. The highest BCUT2D eigenvalue weighted by Gasteiger charge is 2.45. The molecule has 0 N–H and O–H groups in total. The topological polar surface area (TPSA) is 3.24 Å². The van der Waals surface area contributed by atoms with E-state index in [4.69, 9.17) is 0 Å². The van der Waals surface area contributed by atoms with Gasteiger partial charge in [-0.2, -0.15) is 0 Å². The quantitative estimate of drug-likeness (QED) is 0.525. The molecule has 152 valence electrons. The Balaban J connectivity index is 2.16. The third-order valence-electron chi connectivity index (χ3n) is 6.94. The molecule has 0 fully saturated rings. The summed E-state index contributed by atoms with van der Waals surface area (Å²) in [6.07, 6.45) is 4.78. The molecule has 0 spiro atoms. The highest BCUT2D eigenvalue weighted by atomic mass is 28.3. The minimum atomic E-state index is -1.79. The van der Waals surface area contributed by atoms with Crippen molar-refractivity contribution in [3.8, 4) is 0 Å². The molecule has 1 aliphatic heterocycles. The summed E-state index contributed by atoms with van der Waals surface area (Å²) in [4.78, 5) is 0. The van der Waals surface area contributed by atoms with E-state index >= 15 is 0 Å². The van der Waals surface area contributed by atoms with Crippen molar-refractivity contribution in [2.75, 3.05) is 0 Å². The molecule has 0 unspecified atom stereocenters. The zero-order valence-corrected chi connectivity index (χ0v) is 20.7. The van der Waals surface area contributed by atoms with Gasteiger partial charge in [-0.25, -0.2) is 0 Å². The minimum absolute atomic E-state index is 0.262. The van der Waals surface area contributed by atoms with Gasteiger partial charge in [0.05, 0.1) is 0 Å². The molecule has 3 heteroatoms. The van der Waals surface area contributed by atoms with Crippen LogP contribution in [0.4, 0.5) is 0 Å². The summed E-state index contributed by atoms with van der Waals surface area (Å²) >= 11 is 0. The molecule has 2 aromatic carbocycles. The Hall–Kier alpha value is -2.00. The second kappa shape index (κ2) is 7.68. The second-order valence-corrected chi connectivity index (χ2v) is 15.4. The van der Waals surface area contributed by atoms with Crippen molar-refractivity contribution >= 4 is 26.1 Å². The van der Waals surface area contributed by atoms with Crippen LogP contribution in [-0.4, -0.2) is 19.6 Å². The second-order valence-electron chi connectivity index (χ2n) is 10.3. The van der Waals surface area contributed by atoms with E-state index in [0.717, 1.165) is 0 Å². The van der Waals surface area contributed by atoms with Crippen molar-refractivity contribution in [2.24, 2.45) is 0 Å². The SMILES string of the molecule is Cc1ccc(C2=CN([Si](C)(C)C(C)(C)C)B(c3c(C)cc(C)cc3C)C=C2)cc1. The lowest BCUT2D eigenvalue weighted by Crippen LogP contribution is -2.62. The summed E-state index contributed by atoms with van der Waals surface area (Å²) in [7, 11) is -1.79. The number of benzene rings is 2. The summed E-state index contributed by atoms with van der Waals surface area (Å²) < 4.78 is 2.73. The number of allylic oxidation sites excluding steroid dienone is 2. The van der Waals surface area contributed by atoms with Crippen LogP contribution in [0.5, 0.6) is 0 Å². The van der Waals surface area contributed by atoms with E-state index in [-0.39, 0.29) is 5.04 Å². The molecule has 0 bridgehead atoms. The lowest BCUT2D eigenvalue weighted by Gasteiger charge is -2.50. The van der Waals surface area contributed by atoms with Gasteiger partial charge in [-0.15, -0.1) is 0 Å². The Morgan fingerprint density at radius 1 is 0.828 bits per heavy atom. The van der Waals surface area contributed by atoms with E-state index in [1.807, 2.05) is 0 Å². The van der Waals surface area contributed by atoms with Crippen LogP contribution < -0.4 is 5.46 Å². The number of hydrogen-bond donors (Lipinski definition) is 0. The Morgan fingerprint density at radius 2 is 1.38 bits per heavy atom. The maximum absolute atomic E-state index is 2.73. The van der Waals surface area contributed by atoms with E-state index in [9.17, 15) is 0 Å². The van der Waals surface area contributed by atoms with Crippen molar-refractivity contribution in [3.63, 3.8) is 0 Å². The molecule has 0 atom stereocenters.